The Bertz CT molecular complexity index is 3220. The minimum absolute atomic E-state index is 1.08. The zero-order valence-electron chi connectivity index (χ0n) is 34.8. The van der Waals surface area contributed by atoms with E-state index in [0.29, 0.717) is 0 Å². The lowest BCUT2D eigenvalue weighted by atomic mass is 9.84. The molecule has 0 saturated carbocycles. The Morgan fingerprint density at radius 1 is 0.190 bits per heavy atom. The van der Waals surface area contributed by atoms with Crippen LogP contribution in [0.15, 0.2) is 261 Å². The standard InChI is InChI=1S/C62H43N/c1-3-16-44(17-4-1)58-26-11-12-27-61(58)62-59(47-18-5-2-6-19-47)30-15-31-60(62)50-36-42-53(43-37-50)63(51-38-32-48(33-39-51)56-28-13-22-45-20-7-9-24-54(45)56)52-40-34-49(35-41-52)57-29-14-23-46-21-8-10-25-55(46)57/h1-43H. The number of fused-ring (bicyclic) bond motifs is 2. The number of hydrogen-bond acceptors (Lipinski definition) is 1. The second-order valence-corrected chi connectivity index (χ2v) is 16.0. The maximum Gasteiger partial charge on any atom is 0.0462 e. The van der Waals surface area contributed by atoms with Gasteiger partial charge in [0.05, 0.1) is 0 Å². The van der Waals surface area contributed by atoms with Crippen molar-refractivity contribution in [2.75, 3.05) is 4.90 Å². The third kappa shape index (κ3) is 7.26. The van der Waals surface area contributed by atoms with Crippen LogP contribution in [0.5, 0.6) is 0 Å². The van der Waals surface area contributed by atoms with E-state index in [2.05, 4.69) is 266 Å². The van der Waals surface area contributed by atoms with Crippen LogP contribution in [0.25, 0.3) is 88.3 Å². The third-order valence-corrected chi connectivity index (χ3v) is 12.3. The van der Waals surface area contributed by atoms with E-state index in [1.807, 2.05) is 0 Å². The number of hydrogen-bond donors (Lipinski definition) is 0. The molecular formula is C62H43N. The lowest BCUT2D eigenvalue weighted by Gasteiger charge is -2.26. The van der Waals surface area contributed by atoms with Crippen LogP contribution in [-0.4, -0.2) is 0 Å². The Balaban J connectivity index is 1.03. The molecule has 0 aromatic heterocycles. The van der Waals surface area contributed by atoms with Crippen LogP contribution in [0, 0.1) is 0 Å². The van der Waals surface area contributed by atoms with Gasteiger partial charge in [-0.15, -0.1) is 0 Å². The average Bonchev–Trinajstić information content (AvgIpc) is 3.37. The minimum atomic E-state index is 1.08. The fourth-order valence-corrected chi connectivity index (χ4v) is 9.28. The normalized spacial score (nSPS) is 11.2. The summed E-state index contributed by atoms with van der Waals surface area (Å²) in [5.41, 5.74) is 17.7. The molecule has 0 spiro atoms. The summed E-state index contributed by atoms with van der Waals surface area (Å²) < 4.78 is 0. The highest BCUT2D eigenvalue weighted by Crippen LogP contribution is 2.45. The molecule has 0 bridgehead atoms. The Kier molecular flexibility index (Phi) is 9.97. The molecule has 296 valence electrons. The van der Waals surface area contributed by atoms with Gasteiger partial charge in [0, 0.05) is 17.1 Å². The minimum Gasteiger partial charge on any atom is -0.311 e. The molecule has 0 radical (unpaired) electrons. The predicted molar refractivity (Wildman–Crippen MR) is 269 cm³/mol. The van der Waals surface area contributed by atoms with E-state index in [9.17, 15) is 0 Å². The summed E-state index contributed by atoms with van der Waals surface area (Å²) in [5, 5.41) is 5.00. The van der Waals surface area contributed by atoms with Gasteiger partial charge in [-0.3, -0.25) is 0 Å². The van der Waals surface area contributed by atoms with E-state index in [0.717, 1.165) is 22.6 Å². The summed E-state index contributed by atoms with van der Waals surface area (Å²) in [7, 11) is 0. The van der Waals surface area contributed by atoms with Crippen molar-refractivity contribution in [3.63, 3.8) is 0 Å². The van der Waals surface area contributed by atoms with E-state index >= 15 is 0 Å². The van der Waals surface area contributed by atoms with Crippen LogP contribution < -0.4 is 4.90 Å². The van der Waals surface area contributed by atoms with Crippen molar-refractivity contribution in [1.82, 2.24) is 0 Å². The predicted octanol–water partition coefficient (Wildman–Crippen LogP) is 17.5. The molecular weight excluding hydrogens is 759 g/mol. The average molecular weight is 802 g/mol. The molecule has 63 heavy (non-hydrogen) atoms. The molecule has 0 fully saturated rings. The molecule has 0 atom stereocenters. The van der Waals surface area contributed by atoms with E-state index < -0.39 is 0 Å². The van der Waals surface area contributed by atoms with Gasteiger partial charge in [0.25, 0.3) is 0 Å². The maximum atomic E-state index is 2.37. The Morgan fingerprint density at radius 3 is 0.968 bits per heavy atom. The zero-order valence-corrected chi connectivity index (χ0v) is 34.8. The summed E-state index contributed by atoms with van der Waals surface area (Å²) >= 11 is 0. The largest absolute Gasteiger partial charge is 0.311 e. The quantitative estimate of drug-likeness (QED) is 0.141. The number of nitrogens with zero attached hydrogens (tertiary/aromatic N) is 1. The van der Waals surface area contributed by atoms with Crippen LogP contribution in [0.1, 0.15) is 0 Å². The topological polar surface area (TPSA) is 3.24 Å². The highest BCUT2D eigenvalue weighted by atomic mass is 15.1. The molecule has 0 amide bonds. The molecule has 0 unspecified atom stereocenters. The Morgan fingerprint density at radius 2 is 0.492 bits per heavy atom. The van der Waals surface area contributed by atoms with Crippen LogP contribution in [-0.2, 0) is 0 Å². The van der Waals surface area contributed by atoms with Gasteiger partial charge in [0.2, 0.25) is 0 Å². The van der Waals surface area contributed by atoms with E-state index in [1.54, 1.807) is 0 Å². The first kappa shape index (κ1) is 37.7. The fraction of sp³-hybridized carbons (Fsp3) is 0. The second-order valence-electron chi connectivity index (χ2n) is 16.0. The molecule has 0 heterocycles. The molecule has 11 aromatic rings. The van der Waals surface area contributed by atoms with E-state index in [1.165, 1.54) is 82.7 Å². The summed E-state index contributed by atoms with van der Waals surface area (Å²) in [4.78, 5) is 2.37. The summed E-state index contributed by atoms with van der Waals surface area (Å²) in [6, 6.07) is 94.6. The van der Waals surface area contributed by atoms with Crippen molar-refractivity contribution >= 4 is 38.6 Å². The first-order valence-corrected chi connectivity index (χ1v) is 21.7. The van der Waals surface area contributed by atoms with E-state index in [-0.39, 0.29) is 0 Å². The molecule has 0 aliphatic heterocycles. The van der Waals surface area contributed by atoms with Crippen molar-refractivity contribution in [2.24, 2.45) is 0 Å². The van der Waals surface area contributed by atoms with Crippen molar-refractivity contribution in [3.05, 3.63) is 261 Å². The summed E-state index contributed by atoms with van der Waals surface area (Å²) in [6.07, 6.45) is 0. The monoisotopic (exact) mass is 801 g/mol. The molecule has 0 saturated heterocycles. The zero-order chi connectivity index (χ0) is 42.0. The second kappa shape index (κ2) is 16.7. The van der Waals surface area contributed by atoms with Gasteiger partial charge in [-0.05, 0) is 125 Å². The fourth-order valence-electron chi connectivity index (χ4n) is 9.28. The summed E-state index contributed by atoms with van der Waals surface area (Å²) in [6.45, 7) is 0. The van der Waals surface area contributed by atoms with Crippen LogP contribution >= 0.6 is 0 Å². The van der Waals surface area contributed by atoms with Crippen LogP contribution in [0.2, 0.25) is 0 Å². The highest BCUT2D eigenvalue weighted by molar-refractivity contribution is 6.01. The smallest absolute Gasteiger partial charge is 0.0462 e. The van der Waals surface area contributed by atoms with Gasteiger partial charge in [-0.2, -0.15) is 0 Å². The lowest BCUT2D eigenvalue weighted by molar-refractivity contribution is 1.28. The summed E-state index contributed by atoms with van der Waals surface area (Å²) in [5.74, 6) is 0. The van der Waals surface area contributed by atoms with Gasteiger partial charge in [-0.1, -0.05) is 224 Å². The van der Waals surface area contributed by atoms with Gasteiger partial charge in [0.1, 0.15) is 0 Å². The van der Waals surface area contributed by atoms with Gasteiger partial charge >= 0.3 is 0 Å². The van der Waals surface area contributed by atoms with Crippen molar-refractivity contribution < 1.29 is 0 Å². The number of benzene rings is 11. The van der Waals surface area contributed by atoms with E-state index in [4.69, 9.17) is 0 Å². The van der Waals surface area contributed by atoms with Gasteiger partial charge in [0.15, 0.2) is 0 Å². The Hall–Kier alpha value is -8.26. The lowest BCUT2D eigenvalue weighted by Crippen LogP contribution is -2.09. The van der Waals surface area contributed by atoms with Crippen molar-refractivity contribution in [1.29, 1.82) is 0 Å². The molecule has 11 rings (SSSR count). The number of rotatable bonds is 9. The van der Waals surface area contributed by atoms with Crippen molar-refractivity contribution in [2.45, 2.75) is 0 Å². The first-order chi connectivity index (χ1) is 31.3. The van der Waals surface area contributed by atoms with Gasteiger partial charge in [-0.25, -0.2) is 0 Å². The highest BCUT2D eigenvalue weighted by Gasteiger charge is 2.19. The molecule has 1 nitrogen and oxygen atoms in total. The molecule has 0 aliphatic rings. The van der Waals surface area contributed by atoms with Gasteiger partial charge < -0.3 is 4.90 Å². The molecule has 0 N–H and O–H groups in total. The Labute approximate surface area is 369 Å². The number of anilines is 3. The van der Waals surface area contributed by atoms with Crippen LogP contribution in [0.3, 0.4) is 0 Å². The molecule has 0 aliphatic carbocycles. The van der Waals surface area contributed by atoms with Crippen molar-refractivity contribution in [3.8, 4) is 66.8 Å². The first-order valence-electron chi connectivity index (χ1n) is 21.7. The molecule has 11 aromatic carbocycles. The SMILES string of the molecule is c1ccc(-c2ccccc2-c2c(-c3ccccc3)cccc2-c2ccc(N(c3ccc(-c4cccc5ccccc45)cc3)c3ccc(-c4cccc5ccccc45)cc3)cc2)cc1. The maximum absolute atomic E-state index is 2.37. The third-order valence-electron chi connectivity index (χ3n) is 12.3. The van der Waals surface area contributed by atoms with Crippen LogP contribution in [0.4, 0.5) is 17.1 Å². The molecule has 1 heteroatoms.